The average Bonchev–Trinajstić information content (AvgIpc) is 3.00. The van der Waals surface area contributed by atoms with Crippen LogP contribution in [0.25, 0.3) is 11.4 Å². The van der Waals surface area contributed by atoms with Crippen molar-refractivity contribution in [3.05, 3.63) is 68.4 Å². The molecule has 128 valence electrons. The predicted octanol–water partition coefficient (Wildman–Crippen LogP) is 2.95. The Morgan fingerprint density at radius 2 is 2.12 bits per heavy atom. The Bertz CT molecular complexity index is 962. The summed E-state index contributed by atoms with van der Waals surface area (Å²) in [7, 11) is 0. The van der Waals surface area contributed by atoms with Crippen LogP contribution in [0.1, 0.15) is 22.7 Å². The van der Waals surface area contributed by atoms with Crippen LogP contribution in [0.5, 0.6) is 0 Å². The summed E-state index contributed by atoms with van der Waals surface area (Å²) in [5, 5.41) is 4.69. The molecule has 1 aliphatic rings. The van der Waals surface area contributed by atoms with Crippen molar-refractivity contribution in [1.82, 2.24) is 20.0 Å². The molecule has 0 aliphatic carbocycles. The van der Waals surface area contributed by atoms with E-state index in [-0.39, 0.29) is 5.56 Å². The molecule has 0 radical (unpaired) electrons. The molecule has 0 amide bonds. The van der Waals surface area contributed by atoms with Crippen LogP contribution in [0.2, 0.25) is 5.02 Å². The van der Waals surface area contributed by atoms with E-state index < -0.39 is 0 Å². The molecule has 0 saturated carbocycles. The molecule has 0 fully saturated rings. The van der Waals surface area contributed by atoms with E-state index in [4.69, 9.17) is 16.1 Å². The minimum atomic E-state index is -0.0631. The summed E-state index contributed by atoms with van der Waals surface area (Å²) in [4.78, 5) is 22.2. The van der Waals surface area contributed by atoms with Gasteiger partial charge in [-0.2, -0.15) is 0 Å². The lowest BCUT2D eigenvalue weighted by Crippen LogP contribution is -2.35. The van der Waals surface area contributed by atoms with Gasteiger partial charge in [-0.3, -0.25) is 9.69 Å². The predicted molar refractivity (Wildman–Crippen MR) is 94.4 cm³/mol. The van der Waals surface area contributed by atoms with Crippen molar-refractivity contribution in [2.75, 3.05) is 6.54 Å². The number of aromatic nitrogens is 3. The van der Waals surface area contributed by atoms with Crippen molar-refractivity contribution < 1.29 is 4.52 Å². The maximum absolute atomic E-state index is 12.4. The standard InChI is InChI=1S/C18H17ClN4O2/c1-11-8-14(22-25-11)9-23-7-6-15-16(10-23)20-17(21-18(15)24)12-2-4-13(19)5-3-12/h2-5,8H,6-7,9-10H2,1H3,(H,20,21,24). The van der Waals surface area contributed by atoms with Crippen LogP contribution in [0.4, 0.5) is 0 Å². The molecule has 25 heavy (non-hydrogen) atoms. The number of hydrogen-bond acceptors (Lipinski definition) is 5. The highest BCUT2D eigenvalue weighted by Gasteiger charge is 2.22. The highest BCUT2D eigenvalue weighted by Crippen LogP contribution is 2.21. The van der Waals surface area contributed by atoms with Gasteiger partial charge in [-0.15, -0.1) is 0 Å². The number of rotatable bonds is 3. The number of hydrogen-bond donors (Lipinski definition) is 1. The topological polar surface area (TPSA) is 75.0 Å². The van der Waals surface area contributed by atoms with E-state index in [2.05, 4.69) is 20.0 Å². The van der Waals surface area contributed by atoms with E-state index in [0.717, 1.165) is 34.8 Å². The first-order chi connectivity index (χ1) is 12.1. The van der Waals surface area contributed by atoms with Crippen molar-refractivity contribution in [3.63, 3.8) is 0 Å². The minimum Gasteiger partial charge on any atom is -0.361 e. The zero-order chi connectivity index (χ0) is 17.4. The number of nitrogens with zero attached hydrogens (tertiary/aromatic N) is 3. The lowest BCUT2D eigenvalue weighted by molar-refractivity contribution is 0.232. The van der Waals surface area contributed by atoms with Crippen LogP contribution < -0.4 is 5.56 Å². The molecule has 1 aliphatic heterocycles. The van der Waals surface area contributed by atoms with E-state index in [9.17, 15) is 4.79 Å². The Morgan fingerprint density at radius 3 is 2.84 bits per heavy atom. The smallest absolute Gasteiger partial charge is 0.254 e. The van der Waals surface area contributed by atoms with E-state index >= 15 is 0 Å². The number of fused-ring (bicyclic) bond motifs is 1. The molecule has 0 bridgehead atoms. The zero-order valence-electron chi connectivity index (χ0n) is 13.8. The quantitative estimate of drug-likeness (QED) is 0.781. The molecule has 0 spiro atoms. The van der Waals surface area contributed by atoms with E-state index in [1.54, 1.807) is 12.1 Å². The SMILES string of the molecule is Cc1cc(CN2CCc3c(nc(-c4ccc(Cl)cc4)[nH]c3=O)C2)no1. The lowest BCUT2D eigenvalue weighted by atomic mass is 10.1. The van der Waals surface area contributed by atoms with Crippen molar-refractivity contribution in [2.45, 2.75) is 26.4 Å². The average molecular weight is 357 g/mol. The van der Waals surface area contributed by atoms with Gasteiger partial charge >= 0.3 is 0 Å². The van der Waals surface area contributed by atoms with Crippen molar-refractivity contribution in [1.29, 1.82) is 0 Å². The normalized spacial score (nSPS) is 14.5. The molecule has 1 aromatic carbocycles. The molecule has 1 N–H and O–H groups in total. The summed E-state index contributed by atoms with van der Waals surface area (Å²) in [6, 6.07) is 9.21. The van der Waals surface area contributed by atoms with Crippen molar-refractivity contribution in [2.24, 2.45) is 0 Å². The fourth-order valence-corrected chi connectivity index (χ4v) is 3.22. The third-order valence-electron chi connectivity index (χ3n) is 4.33. The third-order valence-corrected chi connectivity index (χ3v) is 4.58. The van der Waals surface area contributed by atoms with Crippen LogP contribution in [0.3, 0.4) is 0 Å². The van der Waals surface area contributed by atoms with Gasteiger partial charge in [0.15, 0.2) is 0 Å². The fraction of sp³-hybridized carbons (Fsp3) is 0.278. The molecule has 0 unspecified atom stereocenters. The van der Waals surface area contributed by atoms with Gasteiger partial charge in [-0.25, -0.2) is 4.98 Å². The Morgan fingerprint density at radius 1 is 1.32 bits per heavy atom. The summed E-state index contributed by atoms with van der Waals surface area (Å²) >= 11 is 5.93. The number of aromatic amines is 1. The third kappa shape index (κ3) is 3.36. The van der Waals surface area contributed by atoms with Crippen molar-refractivity contribution in [3.8, 4) is 11.4 Å². The number of benzene rings is 1. The Balaban J connectivity index is 1.62. The van der Waals surface area contributed by atoms with E-state index in [1.165, 1.54) is 0 Å². The zero-order valence-corrected chi connectivity index (χ0v) is 14.5. The second kappa shape index (κ2) is 6.46. The van der Waals surface area contributed by atoms with Gasteiger partial charge in [0.05, 0.1) is 11.4 Å². The molecular formula is C18H17ClN4O2. The van der Waals surface area contributed by atoms with Crippen LogP contribution in [0, 0.1) is 6.92 Å². The minimum absolute atomic E-state index is 0.0631. The monoisotopic (exact) mass is 356 g/mol. The molecule has 4 rings (SSSR count). The van der Waals surface area contributed by atoms with Gasteiger partial charge in [0.2, 0.25) is 0 Å². The van der Waals surface area contributed by atoms with E-state index in [0.29, 0.717) is 30.4 Å². The van der Waals surface area contributed by atoms with Crippen LogP contribution in [-0.2, 0) is 19.5 Å². The maximum Gasteiger partial charge on any atom is 0.254 e. The molecule has 3 heterocycles. The summed E-state index contributed by atoms with van der Waals surface area (Å²) in [5.41, 5.74) is 3.26. The van der Waals surface area contributed by atoms with Crippen LogP contribution >= 0.6 is 11.6 Å². The Hall–Kier alpha value is -2.44. The second-order valence-electron chi connectivity index (χ2n) is 6.24. The highest BCUT2D eigenvalue weighted by molar-refractivity contribution is 6.30. The summed E-state index contributed by atoms with van der Waals surface area (Å²) in [6.45, 7) is 3.97. The lowest BCUT2D eigenvalue weighted by Gasteiger charge is -2.26. The first kappa shape index (κ1) is 16.1. The number of halogens is 1. The van der Waals surface area contributed by atoms with Crippen LogP contribution in [-0.4, -0.2) is 26.6 Å². The molecule has 0 saturated heterocycles. The summed E-state index contributed by atoms with van der Waals surface area (Å²) in [5.74, 6) is 1.37. The molecule has 7 heteroatoms. The molecule has 3 aromatic rings. The Labute approximate surface area is 149 Å². The first-order valence-corrected chi connectivity index (χ1v) is 8.49. The molecule has 0 atom stereocenters. The molecular weight excluding hydrogens is 340 g/mol. The van der Waals surface area contributed by atoms with Crippen molar-refractivity contribution >= 4 is 11.6 Å². The van der Waals surface area contributed by atoms with Gasteiger partial charge < -0.3 is 9.51 Å². The second-order valence-corrected chi connectivity index (χ2v) is 6.67. The summed E-state index contributed by atoms with van der Waals surface area (Å²) < 4.78 is 5.12. The van der Waals surface area contributed by atoms with Gasteiger partial charge in [-0.05, 0) is 37.6 Å². The largest absolute Gasteiger partial charge is 0.361 e. The first-order valence-electron chi connectivity index (χ1n) is 8.11. The van der Waals surface area contributed by atoms with Crippen LogP contribution in [0.15, 0.2) is 39.6 Å². The number of nitrogens with one attached hydrogen (secondary N) is 1. The highest BCUT2D eigenvalue weighted by atomic mass is 35.5. The summed E-state index contributed by atoms with van der Waals surface area (Å²) in [6.07, 6.45) is 0.676. The number of aryl methyl sites for hydroxylation is 1. The van der Waals surface area contributed by atoms with Gasteiger partial charge in [0, 0.05) is 41.9 Å². The van der Waals surface area contributed by atoms with E-state index in [1.807, 2.05) is 25.1 Å². The van der Waals surface area contributed by atoms with Gasteiger partial charge in [0.25, 0.3) is 5.56 Å². The molecule has 6 nitrogen and oxygen atoms in total. The molecule has 2 aromatic heterocycles. The fourth-order valence-electron chi connectivity index (χ4n) is 3.09. The number of H-pyrrole nitrogens is 1. The maximum atomic E-state index is 12.4. The Kier molecular flexibility index (Phi) is 4.15. The van der Waals surface area contributed by atoms with Gasteiger partial charge in [0.1, 0.15) is 11.6 Å². The van der Waals surface area contributed by atoms with Gasteiger partial charge in [-0.1, -0.05) is 16.8 Å².